The Morgan fingerprint density at radius 1 is 1.18 bits per heavy atom. The van der Waals surface area contributed by atoms with Crippen LogP contribution in [0.4, 0.5) is 10.5 Å². The highest BCUT2D eigenvalue weighted by Gasteiger charge is 2.45. The van der Waals surface area contributed by atoms with Gasteiger partial charge >= 0.3 is 6.09 Å². The van der Waals surface area contributed by atoms with Gasteiger partial charge in [-0.25, -0.2) is 4.79 Å². The quantitative estimate of drug-likeness (QED) is 0.848. The van der Waals surface area contributed by atoms with Gasteiger partial charge in [0.1, 0.15) is 11.9 Å². The lowest BCUT2D eigenvalue weighted by Crippen LogP contribution is -2.38. The van der Waals surface area contributed by atoms with Crippen molar-refractivity contribution in [2.75, 3.05) is 12.0 Å². The Labute approximate surface area is 129 Å². The van der Waals surface area contributed by atoms with Crippen LogP contribution in [0.2, 0.25) is 0 Å². The van der Waals surface area contributed by atoms with E-state index in [0.29, 0.717) is 0 Å². The first-order valence-corrected chi connectivity index (χ1v) is 7.49. The molecule has 4 nitrogen and oxygen atoms in total. The molecule has 1 saturated heterocycles. The molecule has 0 aromatic heterocycles. The number of hydrogen-bond acceptors (Lipinski definition) is 3. The van der Waals surface area contributed by atoms with E-state index in [1.165, 1.54) is 0 Å². The number of amides is 1. The Balaban J connectivity index is 1.72. The van der Waals surface area contributed by atoms with Gasteiger partial charge in [0, 0.05) is 0 Å². The summed E-state index contributed by atoms with van der Waals surface area (Å²) in [5.74, 6) is 0.823. The van der Waals surface area contributed by atoms with Gasteiger partial charge in [0.25, 0.3) is 0 Å². The van der Waals surface area contributed by atoms with Gasteiger partial charge in [0.05, 0.1) is 18.8 Å². The van der Waals surface area contributed by atoms with E-state index in [0.717, 1.165) is 35.4 Å². The van der Waals surface area contributed by atoms with Crippen molar-refractivity contribution in [1.29, 1.82) is 0 Å². The zero-order valence-electron chi connectivity index (χ0n) is 12.4. The van der Waals surface area contributed by atoms with E-state index in [1.54, 1.807) is 12.0 Å². The number of anilines is 1. The SMILES string of the molecule is COc1ccc2c(c1)CCC1C(c3ccccc3)OC(=O)N21. The van der Waals surface area contributed by atoms with Crippen LogP contribution >= 0.6 is 0 Å². The molecule has 0 spiro atoms. The predicted octanol–water partition coefficient (Wildman–Crippen LogP) is 3.71. The monoisotopic (exact) mass is 295 g/mol. The molecule has 2 heterocycles. The summed E-state index contributed by atoms with van der Waals surface area (Å²) in [6.45, 7) is 0. The molecule has 2 aromatic rings. The number of cyclic esters (lactones) is 1. The molecule has 0 N–H and O–H groups in total. The van der Waals surface area contributed by atoms with Crippen molar-refractivity contribution in [1.82, 2.24) is 0 Å². The first kappa shape index (κ1) is 13.2. The lowest BCUT2D eigenvalue weighted by Gasteiger charge is -2.31. The van der Waals surface area contributed by atoms with Crippen molar-refractivity contribution in [3.63, 3.8) is 0 Å². The average molecular weight is 295 g/mol. The lowest BCUT2D eigenvalue weighted by molar-refractivity contribution is 0.131. The maximum Gasteiger partial charge on any atom is 0.415 e. The van der Waals surface area contributed by atoms with E-state index in [9.17, 15) is 4.79 Å². The number of hydrogen-bond donors (Lipinski definition) is 0. The highest BCUT2D eigenvalue weighted by Crippen LogP contribution is 2.43. The molecular weight excluding hydrogens is 278 g/mol. The first-order valence-electron chi connectivity index (χ1n) is 7.49. The lowest BCUT2D eigenvalue weighted by atomic mass is 9.91. The van der Waals surface area contributed by atoms with Gasteiger partial charge in [-0.3, -0.25) is 4.90 Å². The molecule has 2 aliphatic heterocycles. The van der Waals surface area contributed by atoms with Crippen LogP contribution in [-0.4, -0.2) is 19.2 Å². The summed E-state index contributed by atoms with van der Waals surface area (Å²) >= 11 is 0. The van der Waals surface area contributed by atoms with Crippen LogP contribution in [0.5, 0.6) is 5.75 Å². The Bertz CT molecular complexity index is 714. The van der Waals surface area contributed by atoms with E-state index in [4.69, 9.17) is 9.47 Å². The molecule has 22 heavy (non-hydrogen) atoms. The molecule has 0 saturated carbocycles. The van der Waals surface area contributed by atoms with E-state index in [1.807, 2.05) is 48.5 Å². The summed E-state index contributed by atoms with van der Waals surface area (Å²) in [7, 11) is 1.66. The molecule has 0 aliphatic carbocycles. The molecule has 4 rings (SSSR count). The standard InChI is InChI=1S/C18H17NO3/c1-21-14-8-10-15-13(11-14)7-9-16-17(22-18(20)19(15)16)12-5-3-2-4-6-12/h2-6,8,10-11,16-17H,7,9H2,1H3. The number of carbonyl (C=O) groups excluding carboxylic acids is 1. The van der Waals surface area contributed by atoms with Crippen molar-refractivity contribution in [2.45, 2.75) is 25.0 Å². The third-order valence-corrected chi connectivity index (χ3v) is 4.49. The molecule has 2 aliphatic rings. The number of ether oxygens (including phenoxy) is 2. The maximum absolute atomic E-state index is 12.4. The summed E-state index contributed by atoms with van der Waals surface area (Å²) in [6, 6.07) is 15.9. The van der Waals surface area contributed by atoms with Crippen LogP contribution in [0.25, 0.3) is 0 Å². The molecule has 1 fully saturated rings. The van der Waals surface area contributed by atoms with Crippen LogP contribution in [0.15, 0.2) is 48.5 Å². The molecule has 112 valence electrons. The largest absolute Gasteiger partial charge is 0.497 e. The van der Waals surface area contributed by atoms with E-state index < -0.39 is 0 Å². The maximum atomic E-state index is 12.4. The molecule has 0 radical (unpaired) electrons. The van der Waals surface area contributed by atoms with Gasteiger partial charge in [-0.2, -0.15) is 0 Å². The third-order valence-electron chi connectivity index (χ3n) is 4.49. The Hall–Kier alpha value is -2.49. The number of nitrogens with zero attached hydrogens (tertiary/aromatic N) is 1. The first-order chi connectivity index (χ1) is 10.8. The van der Waals surface area contributed by atoms with Gasteiger partial charge in [0.15, 0.2) is 0 Å². The minimum absolute atomic E-state index is 0.0656. The Morgan fingerprint density at radius 3 is 2.77 bits per heavy atom. The third kappa shape index (κ3) is 1.95. The molecule has 0 bridgehead atoms. The van der Waals surface area contributed by atoms with Gasteiger partial charge in [-0.1, -0.05) is 30.3 Å². The minimum atomic E-state index is -0.259. The molecule has 1 amide bonds. The van der Waals surface area contributed by atoms with Gasteiger partial charge in [-0.15, -0.1) is 0 Å². The smallest absolute Gasteiger partial charge is 0.415 e. The molecule has 4 heteroatoms. The average Bonchev–Trinajstić information content (AvgIpc) is 2.92. The van der Waals surface area contributed by atoms with Crippen LogP contribution in [0.3, 0.4) is 0 Å². The highest BCUT2D eigenvalue weighted by atomic mass is 16.6. The van der Waals surface area contributed by atoms with Crippen molar-refractivity contribution in [3.8, 4) is 5.75 Å². The van der Waals surface area contributed by atoms with E-state index >= 15 is 0 Å². The van der Waals surface area contributed by atoms with Crippen molar-refractivity contribution >= 4 is 11.8 Å². The van der Waals surface area contributed by atoms with E-state index in [2.05, 4.69) is 0 Å². The van der Waals surface area contributed by atoms with Crippen molar-refractivity contribution in [3.05, 3.63) is 59.7 Å². The summed E-state index contributed by atoms with van der Waals surface area (Å²) in [4.78, 5) is 14.2. The number of aryl methyl sites for hydroxylation is 1. The zero-order chi connectivity index (χ0) is 15.1. The van der Waals surface area contributed by atoms with Gasteiger partial charge in [0.2, 0.25) is 0 Å². The highest BCUT2D eigenvalue weighted by molar-refractivity contribution is 5.92. The van der Waals surface area contributed by atoms with Crippen LogP contribution in [-0.2, 0) is 11.2 Å². The van der Waals surface area contributed by atoms with Crippen LogP contribution in [0.1, 0.15) is 23.7 Å². The molecule has 2 aromatic carbocycles. The number of methoxy groups -OCH3 is 1. The molecule has 2 unspecified atom stereocenters. The number of carbonyl (C=O) groups is 1. The van der Waals surface area contributed by atoms with Crippen molar-refractivity contribution < 1.29 is 14.3 Å². The Kier molecular flexibility index (Phi) is 3.03. The number of rotatable bonds is 2. The summed E-state index contributed by atoms with van der Waals surface area (Å²) in [5, 5.41) is 0. The molecular formula is C18H17NO3. The van der Waals surface area contributed by atoms with Gasteiger partial charge < -0.3 is 9.47 Å². The number of benzene rings is 2. The Morgan fingerprint density at radius 2 is 2.00 bits per heavy atom. The van der Waals surface area contributed by atoms with Gasteiger partial charge in [-0.05, 0) is 42.2 Å². The second kappa shape index (κ2) is 5.05. The fourth-order valence-corrected chi connectivity index (χ4v) is 3.43. The topological polar surface area (TPSA) is 38.8 Å². The second-order valence-corrected chi connectivity index (χ2v) is 5.69. The fraction of sp³-hybridized carbons (Fsp3) is 0.278. The van der Waals surface area contributed by atoms with Crippen molar-refractivity contribution in [2.24, 2.45) is 0 Å². The minimum Gasteiger partial charge on any atom is -0.497 e. The zero-order valence-corrected chi connectivity index (χ0v) is 12.4. The van der Waals surface area contributed by atoms with Crippen LogP contribution in [0, 0.1) is 0 Å². The van der Waals surface area contributed by atoms with Crippen LogP contribution < -0.4 is 9.64 Å². The summed E-state index contributed by atoms with van der Waals surface area (Å²) in [6.07, 6.45) is 1.37. The van der Waals surface area contributed by atoms with E-state index in [-0.39, 0.29) is 18.2 Å². The normalized spacial score (nSPS) is 22.8. The fourth-order valence-electron chi connectivity index (χ4n) is 3.43. The summed E-state index contributed by atoms with van der Waals surface area (Å²) < 4.78 is 10.9. The number of fused-ring (bicyclic) bond motifs is 3. The molecule has 2 atom stereocenters. The second-order valence-electron chi connectivity index (χ2n) is 5.69. The predicted molar refractivity (Wildman–Crippen MR) is 83.2 cm³/mol. The summed E-state index contributed by atoms with van der Waals surface area (Å²) in [5.41, 5.74) is 3.14.